The molecule has 0 unspecified atom stereocenters. The van der Waals surface area contributed by atoms with E-state index in [1.54, 1.807) is 45.7 Å². The molecule has 0 aliphatic heterocycles. The minimum Gasteiger partial charge on any atom is -0.508 e. The van der Waals surface area contributed by atoms with Crippen molar-refractivity contribution in [1.82, 2.24) is 0 Å². The second-order valence-electron chi connectivity index (χ2n) is 4.69. The predicted octanol–water partition coefficient (Wildman–Crippen LogP) is 3.48. The van der Waals surface area contributed by atoms with Gasteiger partial charge in [0.25, 0.3) is 0 Å². The van der Waals surface area contributed by atoms with Crippen molar-refractivity contribution >= 4 is 11.9 Å². The molecular weight excluding hydrogens is 282 g/mol. The van der Waals surface area contributed by atoms with Gasteiger partial charge in [-0.15, -0.1) is 0 Å². The van der Waals surface area contributed by atoms with Gasteiger partial charge in [0.05, 0.1) is 27.0 Å². The van der Waals surface area contributed by atoms with Gasteiger partial charge in [-0.2, -0.15) is 0 Å². The number of aliphatic imine (C=N–C) groups is 1. The Hall–Kier alpha value is -2.69. The average molecular weight is 301 g/mol. The average Bonchev–Trinajstić information content (AvgIpc) is 2.54. The minimum atomic E-state index is 0.222. The van der Waals surface area contributed by atoms with Crippen molar-refractivity contribution in [3.05, 3.63) is 41.5 Å². The lowest BCUT2D eigenvalue weighted by Gasteiger charge is -2.12. The fraction of sp³-hybridized carbons (Fsp3) is 0.235. The summed E-state index contributed by atoms with van der Waals surface area (Å²) in [6, 6.07) is 8.88. The van der Waals surface area contributed by atoms with E-state index in [1.807, 2.05) is 19.1 Å². The van der Waals surface area contributed by atoms with Gasteiger partial charge < -0.3 is 19.3 Å². The molecule has 0 radical (unpaired) electrons. The minimum absolute atomic E-state index is 0.222. The van der Waals surface area contributed by atoms with Gasteiger partial charge in [-0.3, -0.25) is 4.99 Å². The van der Waals surface area contributed by atoms with Crippen molar-refractivity contribution in [2.45, 2.75) is 6.92 Å². The maximum absolute atomic E-state index is 9.70. The van der Waals surface area contributed by atoms with Gasteiger partial charge in [0.15, 0.2) is 11.5 Å². The van der Waals surface area contributed by atoms with Crippen LogP contribution in [0.15, 0.2) is 35.3 Å². The summed E-state index contributed by atoms with van der Waals surface area (Å²) in [4.78, 5) is 4.35. The topological polar surface area (TPSA) is 60.3 Å². The number of ether oxygens (including phenoxy) is 3. The molecule has 0 atom stereocenters. The molecule has 5 heteroatoms. The van der Waals surface area contributed by atoms with Crippen molar-refractivity contribution in [1.29, 1.82) is 0 Å². The van der Waals surface area contributed by atoms with Crippen LogP contribution in [-0.2, 0) is 0 Å². The van der Waals surface area contributed by atoms with E-state index in [0.29, 0.717) is 22.9 Å². The number of phenols is 1. The number of hydrogen-bond donors (Lipinski definition) is 1. The molecule has 2 aromatic carbocycles. The third-order valence-electron chi connectivity index (χ3n) is 3.24. The van der Waals surface area contributed by atoms with Crippen LogP contribution in [0.5, 0.6) is 23.0 Å². The zero-order chi connectivity index (χ0) is 16.1. The summed E-state index contributed by atoms with van der Waals surface area (Å²) in [5.41, 5.74) is 2.28. The van der Waals surface area contributed by atoms with Crippen LogP contribution in [0, 0.1) is 6.92 Å². The fourth-order valence-electron chi connectivity index (χ4n) is 2.00. The number of nitrogens with zero attached hydrogens (tertiary/aromatic N) is 1. The lowest BCUT2D eigenvalue weighted by Crippen LogP contribution is -1.96. The van der Waals surface area contributed by atoms with E-state index in [2.05, 4.69) is 4.99 Å². The third kappa shape index (κ3) is 3.31. The molecule has 2 aromatic rings. The molecule has 0 bridgehead atoms. The molecule has 116 valence electrons. The number of rotatable bonds is 5. The Balaban J connectivity index is 2.36. The van der Waals surface area contributed by atoms with Crippen LogP contribution in [0.25, 0.3) is 0 Å². The first kappa shape index (κ1) is 15.7. The Labute approximate surface area is 129 Å². The van der Waals surface area contributed by atoms with Crippen molar-refractivity contribution < 1.29 is 19.3 Å². The highest BCUT2D eigenvalue weighted by atomic mass is 16.5. The van der Waals surface area contributed by atoms with E-state index in [9.17, 15) is 5.11 Å². The Morgan fingerprint density at radius 3 is 2.09 bits per heavy atom. The first-order valence-electron chi connectivity index (χ1n) is 6.72. The SMILES string of the molecule is COc1cc(C=Nc2ccc(C)c(O)c2)cc(OC)c1OC. The molecule has 0 aliphatic carbocycles. The first-order valence-corrected chi connectivity index (χ1v) is 6.72. The molecule has 0 amide bonds. The summed E-state index contributed by atoms with van der Waals surface area (Å²) in [6.07, 6.45) is 1.68. The van der Waals surface area contributed by atoms with Crippen LogP contribution < -0.4 is 14.2 Å². The predicted molar refractivity (Wildman–Crippen MR) is 86.2 cm³/mol. The molecule has 0 saturated carbocycles. The zero-order valence-electron chi connectivity index (χ0n) is 13.1. The summed E-state index contributed by atoms with van der Waals surface area (Å²) in [5, 5.41) is 9.70. The van der Waals surface area contributed by atoms with E-state index in [0.717, 1.165) is 11.1 Å². The second kappa shape index (κ2) is 6.85. The highest BCUT2D eigenvalue weighted by molar-refractivity contribution is 5.84. The van der Waals surface area contributed by atoms with E-state index in [4.69, 9.17) is 14.2 Å². The van der Waals surface area contributed by atoms with Crippen LogP contribution >= 0.6 is 0 Å². The normalized spacial score (nSPS) is 10.7. The van der Waals surface area contributed by atoms with Crippen LogP contribution in [0.2, 0.25) is 0 Å². The largest absolute Gasteiger partial charge is 0.508 e. The molecular formula is C17H19NO4. The van der Waals surface area contributed by atoms with Crippen LogP contribution in [0.1, 0.15) is 11.1 Å². The highest BCUT2D eigenvalue weighted by Gasteiger charge is 2.12. The second-order valence-corrected chi connectivity index (χ2v) is 4.69. The first-order chi connectivity index (χ1) is 10.6. The number of hydrogen-bond acceptors (Lipinski definition) is 5. The van der Waals surface area contributed by atoms with E-state index < -0.39 is 0 Å². The number of aromatic hydroxyl groups is 1. The summed E-state index contributed by atoms with van der Waals surface area (Å²) in [7, 11) is 4.69. The quantitative estimate of drug-likeness (QED) is 0.859. The monoisotopic (exact) mass is 301 g/mol. The Morgan fingerprint density at radius 2 is 1.59 bits per heavy atom. The number of phenolic OH excluding ortho intramolecular Hbond substituents is 1. The van der Waals surface area contributed by atoms with Crippen molar-refractivity contribution in [2.75, 3.05) is 21.3 Å². The summed E-state index contributed by atoms with van der Waals surface area (Å²) in [6.45, 7) is 1.84. The lowest BCUT2D eigenvalue weighted by atomic mass is 10.2. The molecule has 2 rings (SSSR count). The third-order valence-corrected chi connectivity index (χ3v) is 3.24. The number of aryl methyl sites for hydroxylation is 1. The molecule has 0 fully saturated rings. The van der Waals surface area contributed by atoms with Crippen molar-refractivity contribution in [3.63, 3.8) is 0 Å². The molecule has 5 nitrogen and oxygen atoms in total. The molecule has 0 saturated heterocycles. The van der Waals surface area contributed by atoms with E-state index >= 15 is 0 Å². The van der Waals surface area contributed by atoms with Gasteiger partial charge in [-0.25, -0.2) is 0 Å². The van der Waals surface area contributed by atoms with Crippen LogP contribution in [0.4, 0.5) is 5.69 Å². The summed E-state index contributed by atoms with van der Waals surface area (Å²) >= 11 is 0. The van der Waals surface area contributed by atoms with Gasteiger partial charge in [0.2, 0.25) is 5.75 Å². The van der Waals surface area contributed by atoms with Gasteiger partial charge in [-0.1, -0.05) is 6.07 Å². The van der Waals surface area contributed by atoms with E-state index in [1.165, 1.54) is 0 Å². The fourth-order valence-corrected chi connectivity index (χ4v) is 2.00. The number of methoxy groups -OCH3 is 3. The summed E-state index contributed by atoms with van der Waals surface area (Å²) < 4.78 is 15.9. The standard InChI is InChI=1S/C17H19NO4/c1-11-5-6-13(9-14(11)19)18-10-12-7-15(20-2)17(22-4)16(8-12)21-3/h5-10,19H,1-4H3. The van der Waals surface area contributed by atoms with Gasteiger partial charge >= 0.3 is 0 Å². The Bertz CT molecular complexity index is 670. The van der Waals surface area contributed by atoms with Gasteiger partial charge in [0, 0.05) is 17.8 Å². The van der Waals surface area contributed by atoms with Crippen LogP contribution in [-0.4, -0.2) is 32.7 Å². The van der Waals surface area contributed by atoms with Gasteiger partial charge in [0.1, 0.15) is 5.75 Å². The molecule has 0 heterocycles. The Morgan fingerprint density at radius 1 is 0.955 bits per heavy atom. The van der Waals surface area contributed by atoms with E-state index in [-0.39, 0.29) is 5.75 Å². The zero-order valence-corrected chi connectivity index (χ0v) is 13.1. The smallest absolute Gasteiger partial charge is 0.203 e. The summed E-state index contributed by atoms with van der Waals surface area (Å²) in [5.74, 6) is 1.89. The van der Waals surface area contributed by atoms with Gasteiger partial charge in [-0.05, 0) is 30.7 Å². The maximum atomic E-state index is 9.70. The number of benzene rings is 2. The molecule has 22 heavy (non-hydrogen) atoms. The molecule has 1 N–H and O–H groups in total. The van der Waals surface area contributed by atoms with Crippen LogP contribution in [0.3, 0.4) is 0 Å². The molecule has 0 spiro atoms. The lowest BCUT2D eigenvalue weighted by molar-refractivity contribution is 0.324. The Kier molecular flexibility index (Phi) is 4.88. The molecule has 0 aromatic heterocycles. The maximum Gasteiger partial charge on any atom is 0.203 e. The molecule has 0 aliphatic rings. The van der Waals surface area contributed by atoms with Crippen molar-refractivity contribution in [2.24, 2.45) is 4.99 Å². The highest BCUT2D eigenvalue weighted by Crippen LogP contribution is 2.37. The van der Waals surface area contributed by atoms with Crippen molar-refractivity contribution in [3.8, 4) is 23.0 Å².